The first-order valence-electron chi connectivity index (χ1n) is 14.7. The number of anilines is 2. The predicted octanol–water partition coefficient (Wildman–Crippen LogP) is 4.98. The molecule has 2 heterocycles. The molecule has 0 radical (unpaired) electrons. The van der Waals surface area contributed by atoms with Crippen LogP contribution >= 0.6 is 0 Å². The highest BCUT2D eigenvalue weighted by Crippen LogP contribution is 2.17. The molecule has 42 heavy (non-hydrogen) atoms. The van der Waals surface area contributed by atoms with Crippen molar-refractivity contribution in [2.75, 3.05) is 69.7 Å². The van der Waals surface area contributed by atoms with Crippen LogP contribution in [0.3, 0.4) is 0 Å². The van der Waals surface area contributed by atoms with E-state index in [1.807, 2.05) is 31.2 Å². The number of nitrogens with zero attached hydrogens (tertiary/aromatic N) is 5. The zero-order valence-corrected chi connectivity index (χ0v) is 24.8. The number of rotatable bonds is 12. The normalized spacial score (nSPS) is 16.3. The molecule has 0 saturated carbocycles. The Bertz CT molecular complexity index is 1240. The van der Waals surface area contributed by atoms with Crippen molar-refractivity contribution >= 4 is 35.7 Å². The number of ketones is 1. The number of carbonyl (C=O) groups excluding carboxylic acids is 2. The van der Waals surface area contributed by atoms with Gasteiger partial charge in [-0.1, -0.05) is 0 Å². The van der Waals surface area contributed by atoms with E-state index in [4.69, 9.17) is 9.73 Å². The van der Waals surface area contributed by atoms with Crippen molar-refractivity contribution in [3.8, 4) is 5.75 Å². The third-order valence-electron chi connectivity index (χ3n) is 7.50. The first-order chi connectivity index (χ1) is 20.4. The summed E-state index contributed by atoms with van der Waals surface area (Å²) in [5.74, 6) is 1.69. The van der Waals surface area contributed by atoms with E-state index in [0.29, 0.717) is 44.1 Å². The maximum Gasteiger partial charge on any atom is 0.321 e. The third-order valence-corrected chi connectivity index (χ3v) is 7.50. The molecule has 0 bridgehead atoms. The van der Waals surface area contributed by atoms with Crippen molar-refractivity contribution in [3.05, 3.63) is 65.9 Å². The lowest BCUT2D eigenvalue weighted by Gasteiger charge is -2.36. The summed E-state index contributed by atoms with van der Waals surface area (Å²) in [7, 11) is 0. The highest BCUT2D eigenvalue weighted by atomic mass is 16.5. The fourth-order valence-corrected chi connectivity index (χ4v) is 5.14. The number of carbonyl (C=O) groups is 2. The number of benzene rings is 2. The Hall–Kier alpha value is -4.18. The molecule has 0 aliphatic carbocycles. The smallest absolute Gasteiger partial charge is 0.321 e. The molecule has 0 aromatic heterocycles. The fraction of sp³-hybridized carbons (Fsp3) is 0.438. The van der Waals surface area contributed by atoms with Crippen molar-refractivity contribution < 1.29 is 14.3 Å². The zero-order chi connectivity index (χ0) is 29.7. The van der Waals surface area contributed by atoms with Crippen LogP contribution < -0.4 is 15.4 Å². The highest BCUT2D eigenvalue weighted by Gasteiger charge is 2.24. The molecule has 2 N–H and O–H groups in total. The van der Waals surface area contributed by atoms with E-state index < -0.39 is 0 Å². The number of likely N-dealkylation sites (tertiary alicyclic amines) is 1. The van der Waals surface area contributed by atoms with Gasteiger partial charge in [-0.05, 0) is 101 Å². The second-order valence-electron chi connectivity index (χ2n) is 10.6. The first kappa shape index (κ1) is 30.8. The third kappa shape index (κ3) is 9.17. The summed E-state index contributed by atoms with van der Waals surface area (Å²) in [6.07, 6.45) is 5.38. The maximum atomic E-state index is 12.8. The minimum Gasteiger partial charge on any atom is -0.494 e. The van der Waals surface area contributed by atoms with Crippen LogP contribution in [0.1, 0.15) is 43.5 Å². The molecular formula is C32H43N7O3. The van der Waals surface area contributed by atoms with Gasteiger partial charge in [0.05, 0.1) is 6.61 Å². The summed E-state index contributed by atoms with van der Waals surface area (Å²) in [4.78, 5) is 39.5. The molecule has 4 rings (SSSR count). The number of amidine groups is 1. The van der Waals surface area contributed by atoms with E-state index >= 15 is 0 Å². The molecule has 2 aromatic carbocycles. The van der Waals surface area contributed by atoms with Crippen molar-refractivity contribution in [2.24, 2.45) is 9.98 Å². The van der Waals surface area contributed by atoms with Gasteiger partial charge in [-0.15, -0.1) is 0 Å². The summed E-state index contributed by atoms with van der Waals surface area (Å²) in [6, 6.07) is 14.7. The molecule has 0 unspecified atom stereocenters. The number of aliphatic imine (C=N–C) groups is 2. The Morgan fingerprint density at radius 3 is 2.19 bits per heavy atom. The van der Waals surface area contributed by atoms with Crippen LogP contribution in [0.25, 0.3) is 0 Å². The summed E-state index contributed by atoms with van der Waals surface area (Å²) >= 11 is 0. The molecule has 0 atom stereocenters. The van der Waals surface area contributed by atoms with Crippen molar-refractivity contribution in [3.63, 3.8) is 0 Å². The average Bonchev–Trinajstić information content (AvgIpc) is 3.52. The van der Waals surface area contributed by atoms with Crippen LogP contribution in [0.2, 0.25) is 0 Å². The fourth-order valence-electron chi connectivity index (χ4n) is 5.14. The maximum absolute atomic E-state index is 12.8. The van der Waals surface area contributed by atoms with E-state index in [1.165, 1.54) is 32.9 Å². The quantitative estimate of drug-likeness (QED) is 0.161. The Morgan fingerprint density at radius 1 is 0.905 bits per heavy atom. The SMILES string of the molecule is C=N/C=C(/C)C(=NCNc1ccc(OCCCN2CCCC2)cc1)N1CCN(C(=O)Nc2ccc(C(C)=O)cc2)CC1. The van der Waals surface area contributed by atoms with Gasteiger partial charge in [0, 0.05) is 61.4 Å². The van der Waals surface area contributed by atoms with E-state index in [9.17, 15) is 9.59 Å². The molecule has 0 spiro atoms. The minimum atomic E-state index is -0.163. The molecule has 224 valence electrons. The lowest BCUT2D eigenvalue weighted by molar-refractivity contribution is 0.101. The van der Waals surface area contributed by atoms with Crippen LogP contribution in [-0.2, 0) is 0 Å². The lowest BCUT2D eigenvalue weighted by atomic mass is 10.1. The molecule has 2 amide bonds. The Morgan fingerprint density at radius 2 is 1.55 bits per heavy atom. The van der Waals surface area contributed by atoms with Crippen molar-refractivity contribution in [1.29, 1.82) is 0 Å². The topological polar surface area (TPSA) is 102 Å². The van der Waals surface area contributed by atoms with Crippen LogP contribution in [0.4, 0.5) is 16.2 Å². The first-order valence-corrected chi connectivity index (χ1v) is 14.7. The highest BCUT2D eigenvalue weighted by molar-refractivity contribution is 5.98. The van der Waals surface area contributed by atoms with Gasteiger partial charge in [0.1, 0.15) is 18.3 Å². The zero-order valence-electron chi connectivity index (χ0n) is 24.8. The Kier molecular flexibility index (Phi) is 11.5. The molecule has 10 heteroatoms. The summed E-state index contributed by atoms with van der Waals surface area (Å²) in [5, 5.41) is 6.28. The van der Waals surface area contributed by atoms with Gasteiger partial charge in [-0.25, -0.2) is 9.79 Å². The number of hydrogen-bond donors (Lipinski definition) is 2. The molecule has 10 nitrogen and oxygen atoms in total. The van der Waals surface area contributed by atoms with E-state index in [1.54, 1.807) is 35.4 Å². The lowest BCUT2D eigenvalue weighted by Crippen LogP contribution is -2.52. The number of ether oxygens (including phenoxy) is 1. The van der Waals surface area contributed by atoms with Crippen LogP contribution in [0, 0.1) is 0 Å². The second kappa shape index (κ2) is 15.7. The van der Waals surface area contributed by atoms with E-state index in [0.717, 1.165) is 42.4 Å². The van der Waals surface area contributed by atoms with E-state index in [2.05, 4.69) is 32.1 Å². The van der Waals surface area contributed by atoms with Crippen molar-refractivity contribution in [2.45, 2.75) is 33.1 Å². The Labute approximate surface area is 249 Å². The molecule has 2 fully saturated rings. The molecule has 2 aromatic rings. The van der Waals surface area contributed by atoms with Crippen molar-refractivity contribution in [1.82, 2.24) is 14.7 Å². The summed E-state index contributed by atoms with van der Waals surface area (Å²) in [6.45, 7) is 14.1. The molecular weight excluding hydrogens is 530 g/mol. The van der Waals surface area contributed by atoms with Gasteiger partial charge in [-0.3, -0.25) is 9.79 Å². The van der Waals surface area contributed by atoms with Gasteiger partial charge >= 0.3 is 6.03 Å². The number of Topliss-reactive ketones (excluding diaryl/α,β-unsaturated/α-hetero) is 1. The number of piperazine rings is 1. The largest absolute Gasteiger partial charge is 0.494 e. The van der Waals surface area contributed by atoms with Gasteiger partial charge < -0.3 is 30.1 Å². The molecule has 2 aliphatic heterocycles. The van der Waals surface area contributed by atoms with Gasteiger partial charge in [0.15, 0.2) is 5.78 Å². The van der Waals surface area contributed by atoms with Gasteiger partial charge in [-0.2, -0.15) is 0 Å². The van der Waals surface area contributed by atoms with Crippen LogP contribution in [0.5, 0.6) is 5.75 Å². The minimum absolute atomic E-state index is 0.00548. The monoisotopic (exact) mass is 573 g/mol. The Balaban J connectivity index is 1.25. The van der Waals surface area contributed by atoms with Gasteiger partial charge in [0.25, 0.3) is 0 Å². The second-order valence-corrected chi connectivity index (χ2v) is 10.6. The number of urea groups is 1. The van der Waals surface area contributed by atoms with Gasteiger partial charge in [0.2, 0.25) is 0 Å². The predicted molar refractivity (Wildman–Crippen MR) is 170 cm³/mol. The summed E-state index contributed by atoms with van der Waals surface area (Å²) in [5.41, 5.74) is 3.15. The number of nitrogens with one attached hydrogen (secondary N) is 2. The summed E-state index contributed by atoms with van der Waals surface area (Å²) < 4.78 is 5.92. The number of hydrogen-bond acceptors (Lipinski definition) is 7. The standard InChI is InChI=1S/C32H43N7O3/c1-25(23-33-3)31(35-24-34-28-11-13-30(14-12-28)42-22-6-17-37-15-4-5-16-37)38-18-20-39(21-19-38)32(41)36-29-9-7-27(8-10-29)26(2)40/h7-14,23,34H,3-6,15-22,24H2,1-2H3,(H,36,41)/b25-23-,35-31?. The van der Waals surface area contributed by atoms with E-state index in [-0.39, 0.29) is 11.8 Å². The molecule has 2 aliphatic rings. The average molecular weight is 574 g/mol. The van der Waals surface area contributed by atoms with Crippen LogP contribution in [-0.4, -0.2) is 98.2 Å². The number of amides is 2. The molecule has 2 saturated heterocycles. The van der Waals surface area contributed by atoms with Crippen LogP contribution in [0.15, 0.2) is 70.3 Å².